The van der Waals surface area contributed by atoms with E-state index in [-0.39, 0.29) is 17.4 Å². The molecule has 0 N–H and O–H groups in total. The van der Waals surface area contributed by atoms with E-state index in [1.54, 1.807) is 0 Å². The van der Waals surface area contributed by atoms with Crippen LogP contribution in [0, 0.1) is 11.2 Å². The minimum absolute atomic E-state index is 0.140. The molecule has 16 heavy (non-hydrogen) atoms. The Hall–Kier alpha value is -1.06. The van der Waals surface area contributed by atoms with Gasteiger partial charge in [0.2, 0.25) is 0 Å². The first kappa shape index (κ1) is 13.0. The lowest BCUT2D eigenvalue weighted by molar-refractivity contribution is -0.138. The van der Waals surface area contributed by atoms with Gasteiger partial charge in [-0.1, -0.05) is 26.8 Å². The minimum atomic E-state index is -4.50. The molecule has 1 aromatic carbocycles. The van der Waals surface area contributed by atoms with Crippen LogP contribution in [0.4, 0.5) is 17.6 Å². The van der Waals surface area contributed by atoms with E-state index in [9.17, 15) is 17.6 Å². The van der Waals surface area contributed by atoms with Gasteiger partial charge in [-0.15, -0.1) is 0 Å². The third-order valence-electron chi connectivity index (χ3n) is 2.10. The molecule has 0 spiro atoms. The van der Waals surface area contributed by atoms with Crippen LogP contribution in [-0.4, -0.2) is 0 Å². The first-order valence-electron chi connectivity index (χ1n) is 4.95. The first-order valence-corrected chi connectivity index (χ1v) is 4.95. The van der Waals surface area contributed by atoms with Gasteiger partial charge in [-0.25, -0.2) is 4.39 Å². The molecule has 0 saturated carbocycles. The van der Waals surface area contributed by atoms with Crippen LogP contribution in [0.25, 0.3) is 0 Å². The summed E-state index contributed by atoms with van der Waals surface area (Å²) in [5.74, 6) is -0.856. The molecule has 90 valence electrons. The predicted octanol–water partition coefficient (Wildman–Crippen LogP) is 4.43. The van der Waals surface area contributed by atoms with E-state index in [1.807, 2.05) is 20.8 Å². The summed E-state index contributed by atoms with van der Waals surface area (Å²) in [5, 5.41) is 0. The monoisotopic (exact) mass is 234 g/mol. The Kier molecular flexibility index (Phi) is 3.31. The van der Waals surface area contributed by atoms with Crippen molar-refractivity contribution in [1.82, 2.24) is 0 Å². The standard InChI is InChI=1S/C12H14F4/c1-11(2,3)7-8-4-5-9(13)6-10(8)12(14,15)16/h4-6H,7H2,1-3H3. The lowest BCUT2D eigenvalue weighted by Gasteiger charge is -2.21. The lowest BCUT2D eigenvalue weighted by Crippen LogP contribution is -2.15. The average Bonchev–Trinajstić information content (AvgIpc) is 2.04. The first-order chi connectivity index (χ1) is 7.09. The van der Waals surface area contributed by atoms with Gasteiger partial charge in [0.25, 0.3) is 0 Å². The smallest absolute Gasteiger partial charge is 0.207 e. The van der Waals surface area contributed by atoms with E-state index in [1.165, 1.54) is 6.07 Å². The maximum Gasteiger partial charge on any atom is 0.416 e. The van der Waals surface area contributed by atoms with Crippen LogP contribution >= 0.6 is 0 Å². The molecule has 1 rings (SSSR count). The van der Waals surface area contributed by atoms with Crippen LogP contribution in [0.15, 0.2) is 18.2 Å². The van der Waals surface area contributed by atoms with Gasteiger partial charge in [0.1, 0.15) is 5.82 Å². The highest BCUT2D eigenvalue weighted by Crippen LogP contribution is 2.35. The van der Waals surface area contributed by atoms with E-state index >= 15 is 0 Å². The van der Waals surface area contributed by atoms with Crippen LogP contribution in [-0.2, 0) is 12.6 Å². The molecule has 0 aliphatic heterocycles. The summed E-state index contributed by atoms with van der Waals surface area (Å²) in [6, 6.07) is 2.83. The van der Waals surface area contributed by atoms with Gasteiger partial charge in [0.05, 0.1) is 5.56 Å². The van der Waals surface area contributed by atoms with Crippen molar-refractivity contribution in [3.63, 3.8) is 0 Å². The van der Waals surface area contributed by atoms with Gasteiger partial charge >= 0.3 is 6.18 Å². The molecule has 0 saturated heterocycles. The summed E-state index contributed by atoms with van der Waals surface area (Å²) < 4.78 is 50.7. The van der Waals surface area contributed by atoms with Crippen LogP contribution in [0.2, 0.25) is 0 Å². The lowest BCUT2D eigenvalue weighted by atomic mass is 9.86. The van der Waals surface area contributed by atoms with E-state index in [2.05, 4.69) is 0 Å². The van der Waals surface area contributed by atoms with Crippen molar-refractivity contribution in [2.24, 2.45) is 5.41 Å². The number of benzene rings is 1. The molecular formula is C12H14F4. The SMILES string of the molecule is CC(C)(C)Cc1ccc(F)cc1C(F)(F)F. The van der Waals surface area contributed by atoms with Gasteiger partial charge in [-0.05, 0) is 29.5 Å². The van der Waals surface area contributed by atoms with E-state index in [0.717, 1.165) is 6.07 Å². The average molecular weight is 234 g/mol. The molecular weight excluding hydrogens is 220 g/mol. The van der Waals surface area contributed by atoms with Gasteiger partial charge in [-0.3, -0.25) is 0 Å². The number of hydrogen-bond donors (Lipinski definition) is 0. The van der Waals surface area contributed by atoms with Crippen molar-refractivity contribution in [2.75, 3.05) is 0 Å². The van der Waals surface area contributed by atoms with Crippen LogP contribution in [0.3, 0.4) is 0 Å². The Morgan fingerprint density at radius 3 is 2.06 bits per heavy atom. The van der Waals surface area contributed by atoms with E-state index in [0.29, 0.717) is 6.07 Å². The van der Waals surface area contributed by atoms with Gasteiger partial charge < -0.3 is 0 Å². The molecule has 0 aliphatic carbocycles. The zero-order valence-electron chi connectivity index (χ0n) is 9.45. The molecule has 0 heterocycles. The second kappa shape index (κ2) is 4.07. The van der Waals surface area contributed by atoms with E-state index < -0.39 is 17.6 Å². The molecule has 0 aromatic heterocycles. The minimum Gasteiger partial charge on any atom is -0.207 e. The molecule has 0 fully saturated rings. The Morgan fingerprint density at radius 2 is 1.62 bits per heavy atom. The van der Waals surface area contributed by atoms with Crippen molar-refractivity contribution < 1.29 is 17.6 Å². The van der Waals surface area contributed by atoms with Crippen molar-refractivity contribution in [3.8, 4) is 0 Å². The summed E-state index contributed by atoms with van der Waals surface area (Å²) >= 11 is 0. The summed E-state index contributed by atoms with van der Waals surface area (Å²) in [5.41, 5.74) is -0.999. The largest absolute Gasteiger partial charge is 0.416 e. The number of rotatable bonds is 1. The molecule has 0 amide bonds. The summed E-state index contributed by atoms with van der Waals surface area (Å²) in [6.45, 7) is 5.53. The van der Waals surface area contributed by atoms with Crippen molar-refractivity contribution in [1.29, 1.82) is 0 Å². The number of hydrogen-bond acceptors (Lipinski definition) is 0. The molecule has 0 radical (unpaired) electrons. The third-order valence-corrected chi connectivity index (χ3v) is 2.10. The van der Waals surface area contributed by atoms with Crippen molar-refractivity contribution in [3.05, 3.63) is 35.1 Å². The molecule has 1 aromatic rings. The van der Waals surface area contributed by atoms with Crippen LogP contribution in [0.5, 0.6) is 0 Å². The fraction of sp³-hybridized carbons (Fsp3) is 0.500. The van der Waals surface area contributed by atoms with Crippen LogP contribution < -0.4 is 0 Å². The van der Waals surface area contributed by atoms with Crippen molar-refractivity contribution in [2.45, 2.75) is 33.4 Å². The van der Waals surface area contributed by atoms with Gasteiger partial charge in [-0.2, -0.15) is 13.2 Å². The van der Waals surface area contributed by atoms with Crippen LogP contribution in [0.1, 0.15) is 31.9 Å². The zero-order valence-corrected chi connectivity index (χ0v) is 9.45. The normalized spacial score (nSPS) is 12.9. The van der Waals surface area contributed by atoms with Gasteiger partial charge in [0, 0.05) is 0 Å². The van der Waals surface area contributed by atoms with Crippen molar-refractivity contribution >= 4 is 0 Å². The summed E-state index contributed by atoms with van der Waals surface area (Å²) in [6.07, 6.45) is -4.23. The Balaban J connectivity index is 3.19. The highest BCUT2D eigenvalue weighted by atomic mass is 19.4. The third kappa shape index (κ3) is 3.51. The summed E-state index contributed by atoms with van der Waals surface area (Å²) in [4.78, 5) is 0. The Bertz CT molecular complexity index is 372. The fourth-order valence-corrected chi connectivity index (χ4v) is 1.54. The second-order valence-corrected chi connectivity index (χ2v) is 5.04. The zero-order chi connectivity index (χ0) is 12.6. The summed E-state index contributed by atoms with van der Waals surface area (Å²) in [7, 11) is 0. The molecule has 4 heteroatoms. The molecule has 0 aliphatic rings. The fourth-order valence-electron chi connectivity index (χ4n) is 1.54. The highest BCUT2D eigenvalue weighted by Gasteiger charge is 2.34. The number of halogens is 4. The highest BCUT2D eigenvalue weighted by molar-refractivity contribution is 5.31. The molecule has 0 atom stereocenters. The maximum absolute atomic E-state index is 12.8. The molecule has 0 nitrogen and oxygen atoms in total. The molecule has 0 bridgehead atoms. The molecule has 0 unspecified atom stereocenters. The number of alkyl halides is 3. The topological polar surface area (TPSA) is 0 Å². The Morgan fingerprint density at radius 1 is 1.06 bits per heavy atom. The maximum atomic E-state index is 12.8. The quantitative estimate of drug-likeness (QED) is 0.630. The van der Waals surface area contributed by atoms with Gasteiger partial charge in [0.15, 0.2) is 0 Å². The Labute approximate surface area is 92.3 Å². The second-order valence-electron chi connectivity index (χ2n) is 5.04. The van der Waals surface area contributed by atoms with E-state index in [4.69, 9.17) is 0 Å². The predicted molar refractivity (Wildman–Crippen MR) is 54.6 cm³/mol.